The maximum atomic E-state index is 13.2. The third kappa shape index (κ3) is 4.24. The van der Waals surface area contributed by atoms with Crippen LogP contribution in [-0.4, -0.2) is 31.1 Å². The zero-order chi connectivity index (χ0) is 14.4. The molecule has 6 heteroatoms. The summed E-state index contributed by atoms with van der Waals surface area (Å²) in [5.41, 5.74) is 0.322. The molecule has 0 spiro atoms. The van der Waals surface area contributed by atoms with E-state index in [1.165, 1.54) is 37.3 Å². The molecule has 1 aromatic rings. The maximum Gasteiger partial charge on any atom is 0.303 e. The minimum atomic E-state index is -0.946. The van der Waals surface area contributed by atoms with Crippen molar-refractivity contribution in [2.75, 3.05) is 19.1 Å². The molecule has 19 heavy (non-hydrogen) atoms. The Hall–Kier alpha value is -2.11. The van der Waals surface area contributed by atoms with Crippen molar-refractivity contribution in [2.24, 2.45) is 0 Å². The normalized spacial score (nSPS) is 10.1. The Labute approximate surface area is 110 Å². The molecule has 0 fully saturated rings. The minimum Gasteiger partial charge on any atom is -0.495 e. The van der Waals surface area contributed by atoms with Gasteiger partial charge in [-0.3, -0.25) is 9.59 Å². The van der Waals surface area contributed by atoms with Crippen LogP contribution in [-0.2, 0) is 9.59 Å². The molecule has 0 heterocycles. The molecule has 5 nitrogen and oxygen atoms in total. The van der Waals surface area contributed by atoms with Crippen LogP contribution < -0.4 is 9.64 Å². The van der Waals surface area contributed by atoms with E-state index in [1.54, 1.807) is 0 Å². The molecule has 0 saturated heterocycles. The number of methoxy groups -OCH3 is 1. The van der Waals surface area contributed by atoms with Crippen LogP contribution in [0.2, 0.25) is 0 Å². The van der Waals surface area contributed by atoms with E-state index < -0.39 is 11.8 Å². The molecule has 0 aliphatic rings. The van der Waals surface area contributed by atoms with E-state index in [0.717, 1.165) is 0 Å². The summed E-state index contributed by atoms with van der Waals surface area (Å²) in [5.74, 6) is -1.32. The second kappa shape index (κ2) is 6.72. The van der Waals surface area contributed by atoms with Gasteiger partial charge < -0.3 is 14.7 Å². The van der Waals surface area contributed by atoms with Gasteiger partial charge in [-0.25, -0.2) is 4.39 Å². The lowest BCUT2D eigenvalue weighted by Gasteiger charge is -2.20. The fourth-order valence-corrected chi connectivity index (χ4v) is 1.62. The summed E-state index contributed by atoms with van der Waals surface area (Å²) in [4.78, 5) is 23.5. The van der Waals surface area contributed by atoms with Crippen LogP contribution in [0.1, 0.15) is 19.3 Å². The summed E-state index contributed by atoms with van der Waals surface area (Å²) in [6.45, 7) is 0. The number of carbonyl (C=O) groups excluding carboxylic acids is 1. The smallest absolute Gasteiger partial charge is 0.303 e. The van der Waals surface area contributed by atoms with Crippen LogP contribution in [0.4, 0.5) is 10.1 Å². The van der Waals surface area contributed by atoms with Gasteiger partial charge in [0, 0.05) is 26.0 Å². The molecular weight excluding hydrogens is 253 g/mol. The average molecular weight is 269 g/mol. The van der Waals surface area contributed by atoms with E-state index in [1.807, 2.05) is 0 Å². The molecular formula is C13H16FNO4. The molecule has 1 rings (SSSR count). The van der Waals surface area contributed by atoms with Gasteiger partial charge in [0.05, 0.1) is 12.8 Å². The van der Waals surface area contributed by atoms with Gasteiger partial charge in [-0.05, 0) is 18.6 Å². The lowest BCUT2D eigenvalue weighted by atomic mass is 10.2. The first-order valence-corrected chi connectivity index (χ1v) is 5.77. The topological polar surface area (TPSA) is 66.8 Å². The van der Waals surface area contributed by atoms with Crippen molar-refractivity contribution in [2.45, 2.75) is 19.3 Å². The molecule has 0 aliphatic carbocycles. The number of halogens is 1. The van der Waals surface area contributed by atoms with Crippen molar-refractivity contribution in [1.82, 2.24) is 0 Å². The van der Waals surface area contributed by atoms with Gasteiger partial charge in [0.1, 0.15) is 11.6 Å². The zero-order valence-electron chi connectivity index (χ0n) is 10.9. The van der Waals surface area contributed by atoms with E-state index in [-0.39, 0.29) is 25.2 Å². The minimum absolute atomic E-state index is 0.0696. The summed E-state index contributed by atoms with van der Waals surface area (Å²) in [5, 5.41) is 8.51. The first-order valence-electron chi connectivity index (χ1n) is 5.77. The fraction of sp³-hybridized carbons (Fsp3) is 0.385. The van der Waals surface area contributed by atoms with Crippen molar-refractivity contribution >= 4 is 17.6 Å². The molecule has 1 amide bonds. The van der Waals surface area contributed by atoms with Crippen molar-refractivity contribution in [3.8, 4) is 5.75 Å². The second-order valence-electron chi connectivity index (χ2n) is 4.02. The Bertz CT molecular complexity index is 476. The maximum absolute atomic E-state index is 13.2. The van der Waals surface area contributed by atoms with Gasteiger partial charge in [-0.1, -0.05) is 0 Å². The van der Waals surface area contributed by atoms with E-state index in [0.29, 0.717) is 11.4 Å². The van der Waals surface area contributed by atoms with Gasteiger partial charge >= 0.3 is 5.97 Å². The highest BCUT2D eigenvalue weighted by molar-refractivity contribution is 5.94. The average Bonchev–Trinajstić information content (AvgIpc) is 2.37. The lowest BCUT2D eigenvalue weighted by molar-refractivity contribution is -0.137. The summed E-state index contributed by atoms with van der Waals surface area (Å²) in [6, 6.07) is 3.88. The Balaban J connectivity index is 2.75. The Kier molecular flexibility index (Phi) is 5.29. The lowest BCUT2D eigenvalue weighted by Crippen LogP contribution is -2.26. The molecule has 1 N–H and O–H groups in total. The molecule has 0 radical (unpaired) electrons. The van der Waals surface area contributed by atoms with Gasteiger partial charge in [0.15, 0.2) is 0 Å². The largest absolute Gasteiger partial charge is 0.495 e. The monoisotopic (exact) mass is 269 g/mol. The highest BCUT2D eigenvalue weighted by Crippen LogP contribution is 2.28. The number of carbonyl (C=O) groups is 2. The van der Waals surface area contributed by atoms with E-state index in [9.17, 15) is 14.0 Å². The molecule has 104 valence electrons. The van der Waals surface area contributed by atoms with Crippen molar-refractivity contribution < 1.29 is 23.8 Å². The standard InChI is InChI=1S/C13H16FNO4/c1-15(12(16)4-3-5-13(17)18)10-8-9(14)6-7-11(10)19-2/h6-8H,3-5H2,1-2H3,(H,17,18). The molecule has 0 saturated carbocycles. The number of rotatable bonds is 6. The SMILES string of the molecule is COc1ccc(F)cc1N(C)C(=O)CCCC(=O)O. The highest BCUT2D eigenvalue weighted by atomic mass is 19.1. The Morgan fingerprint density at radius 2 is 2.05 bits per heavy atom. The number of carboxylic acid groups (broad SMARTS) is 1. The van der Waals surface area contributed by atoms with Crippen molar-refractivity contribution in [3.63, 3.8) is 0 Å². The van der Waals surface area contributed by atoms with Gasteiger partial charge in [-0.15, -0.1) is 0 Å². The van der Waals surface area contributed by atoms with Crippen LogP contribution in [0.25, 0.3) is 0 Å². The molecule has 0 aromatic heterocycles. The Morgan fingerprint density at radius 1 is 1.37 bits per heavy atom. The van der Waals surface area contributed by atoms with Gasteiger partial charge in [0.25, 0.3) is 0 Å². The predicted molar refractivity (Wildman–Crippen MR) is 67.8 cm³/mol. The summed E-state index contributed by atoms with van der Waals surface area (Å²) < 4.78 is 18.3. The molecule has 0 atom stereocenters. The first-order chi connectivity index (χ1) is 8.95. The number of amides is 1. The zero-order valence-corrected chi connectivity index (χ0v) is 10.9. The number of hydrogen-bond donors (Lipinski definition) is 1. The van der Waals surface area contributed by atoms with Crippen LogP contribution >= 0.6 is 0 Å². The third-order valence-corrected chi connectivity index (χ3v) is 2.66. The molecule has 0 bridgehead atoms. The van der Waals surface area contributed by atoms with E-state index in [2.05, 4.69) is 0 Å². The molecule has 1 aromatic carbocycles. The van der Waals surface area contributed by atoms with Crippen molar-refractivity contribution in [3.05, 3.63) is 24.0 Å². The molecule has 0 aliphatic heterocycles. The number of benzene rings is 1. The molecule has 0 unspecified atom stereocenters. The third-order valence-electron chi connectivity index (χ3n) is 2.66. The summed E-state index contributed by atoms with van der Waals surface area (Å²) >= 11 is 0. The van der Waals surface area contributed by atoms with Crippen LogP contribution in [0.5, 0.6) is 5.75 Å². The van der Waals surface area contributed by atoms with E-state index in [4.69, 9.17) is 9.84 Å². The first kappa shape index (κ1) is 14.9. The number of aliphatic carboxylic acids is 1. The quantitative estimate of drug-likeness (QED) is 0.858. The Morgan fingerprint density at radius 3 is 2.63 bits per heavy atom. The van der Waals surface area contributed by atoms with E-state index >= 15 is 0 Å². The van der Waals surface area contributed by atoms with Crippen molar-refractivity contribution in [1.29, 1.82) is 0 Å². The number of hydrogen-bond acceptors (Lipinski definition) is 3. The van der Waals surface area contributed by atoms with Crippen LogP contribution in [0.3, 0.4) is 0 Å². The van der Waals surface area contributed by atoms with Gasteiger partial charge in [-0.2, -0.15) is 0 Å². The number of nitrogens with zero attached hydrogens (tertiary/aromatic N) is 1. The summed E-state index contributed by atoms with van der Waals surface area (Å²) in [7, 11) is 2.93. The van der Waals surface area contributed by atoms with Crippen LogP contribution in [0, 0.1) is 5.82 Å². The van der Waals surface area contributed by atoms with Crippen LogP contribution in [0.15, 0.2) is 18.2 Å². The number of ether oxygens (including phenoxy) is 1. The number of anilines is 1. The predicted octanol–water partition coefficient (Wildman–Crippen LogP) is 2.05. The number of carboxylic acids is 1. The highest BCUT2D eigenvalue weighted by Gasteiger charge is 2.16. The fourth-order valence-electron chi connectivity index (χ4n) is 1.62. The van der Waals surface area contributed by atoms with Gasteiger partial charge in [0.2, 0.25) is 5.91 Å². The summed E-state index contributed by atoms with van der Waals surface area (Å²) in [6.07, 6.45) is 0.262. The second-order valence-corrected chi connectivity index (χ2v) is 4.02.